The summed E-state index contributed by atoms with van der Waals surface area (Å²) in [6, 6.07) is 1.66. The van der Waals surface area contributed by atoms with Crippen LogP contribution in [0.1, 0.15) is 13.8 Å². The number of nitrogens with zero attached hydrogens (tertiary/aromatic N) is 1. The third-order valence-corrected chi connectivity index (χ3v) is 3.36. The maximum atomic E-state index is 13.9. The molecular weight excluding hydrogens is 253 g/mol. The van der Waals surface area contributed by atoms with Crippen molar-refractivity contribution in [1.29, 1.82) is 0 Å². The first-order valence-corrected chi connectivity index (χ1v) is 6.57. The monoisotopic (exact) mass is 272 g/mol. The Morgan fingerprint density at radius 3 is 2.21 bits per heavy atom. The minimum atomic E-state index is -1.13. The molecule has 0 saturated carbocycles. The quantitative estimate of drug-likeness (QED) is 0.791. The summed E-state index contributed by atoms with van der Waals surface area (Å²) in [5, 5.41) is 3.33. The van der Waals surface area contributed by atoms with Gasteiger partial charge in [0.1, 0.15) is 5.82 Å². The molecule has 19 heavy (non-hydrogen) atoms. The lowest BCUT2D eigenvalue weighted by Crippen LogP contribution is -2.43. The Labute approximate surface area is 111 Å². The van der Waals surface area contributed by atoms with Gasteiger partial charge in [-0.2, -0.15) is 0 Å². The predicted molar refractivity (Wildman–Crippen MR) is 69.7 cm³/mol. The van der Waals surface area contributed by atoms with Gasteiger partial charge in [-0.3, -0.25) is 0 Å². The van der Waals surface area contributed by atoms with Crippen molar-refractivity contribution >= 4 is 5.69 Å². The first-order valence-electron chi connectivity index (χ1n) is 6.57. The molecule has 1 fully saturated rings. The van der Waals surface area contributed by atoms with Gasteiger partial charge in [-0.05, 0) is 24.9 Å². The molecule has 1 heterocycles. The molecule has 5 heteroatoms. The van der Waals surface area contributed by atoms with E-state index in [1.165, 1.54) is 0 Å². The highest BCUT2D eigenvalue weighted by molar-refractivity contribution is 5.48. The maximum Gasteiger partial charge on any atom is 0.182 e. The maximum absolute atomic E-state index is 13.9. The van der Waals surface area contributed by atoms with Crippen LogP contribution >= 0.6 is 0 Å². The third kappa shape index (κ3) is 3.41. The summed E-state index contributed by atoms with van der Waals surface area (Å²) in [7, 11) is 0. The van der Waals surface area contributed by atoms with Crippen LogP contribution < -0.4 is 10.2 Å². The van der Waals surface area contributed by atoms with Crippen LogP contribution in [0.4, 0.5) is 18.9 Å². The highest BCUT2D eigenvalue weighted by Crippen LogP contribution is 2.25. The number of benzene rings is 1. The summed E-state index contributed by atoms with van der Waals surface area (Å²) in [6.07, 6.45) is 0. The first-order chi connectivity index (χ1) is 8.97. The fraction of sp³-hybridized carbons (Fsp3) is 0.571. The van der Waals surface area contributed by atoms with E-state index in [2.05, 4.69) is 5.32 Å². The van der Waals surface area contributed by atoms with Gasteiger partial charge in [-0.1, -0.05) is 13.8 Å². The molecule has 1 aliphatic rings. The zero-order valence-corrected chi connectivity index (χ0v) is 11.2. The topological polar surface area (TPSA) is 15.3 Å². The zero-order valence-electron chi connectivity index (χ0n) is 11.2. The Morgan fingerprint density at radius 2 is 1.63 bits per heavy atom. The third-order valence-electron chi connectivity index (χ3n) is 3.36. The van der Waals surface area contributed by atoms with E-state index in [0.717, 1.165) is 19.2 Å². The standard InChI is InChI=1S/C14H19F3N2/c1-9-5-18-6-10(2)8-19(7-9)13-4-11(15)3-12(16)14(13)17/h3-4,9-10,18H,5-8H2,1-2H3. The number of nitrogens with one attached hydrogen (secondary N) is 1. The minimum Gasteiger partial charge on any atom is -0.368 e. The van der Waals surface area contributed by atoms with Gasteiger partial charge in [0.25, 0.3) is 0 Å². The van der Waals surface area contributed by atoms with Crippen LogP contribution in [0.25, 0.3) is 0 Å². The van der Waals surface area contributed by atoms with Crippen molar-refractivity contribution in [1.82, 2.24) is 5.32 Å². The van der Waals surface area contributed by atoms with E-state index in [0.29, 0.717) is 31.0 Å². The van der Waals surface area contributed by atoms with Crippen molar-refractivity contribution in [3.8, 4) is 0 Å². The molecule has 1 aromatic rings. The van der Waals surface area contributed by atoms with E-state index in [1.807, 2.05) is 13.8 Å². The molecule has 2 nitrogen and oxygen atoms in total. The van der Waals surface area contributed by atoms with Crippen LogP contribution in [-0.2, 0) is 0 Å². The molecule has 1 N–H and O–H groups in total. The van der Waals surface area contributed by atoms with Gasteiger partial charge in [0.05, 0.1) is 5.69 Å². The second-order valence-electron chi connectivity index (χ2n) is 5.49. The Hall–Kier alpha value is -1.23. The van der Waals surface area contributed by atoms with E-state index in [1.54, 1.807) is 4.90 Å². The fourth-order valence-corrected chi connectivity index (χ4v) is 2.50. The normalized spacial score (nSPS) is 25.0. The molecule has 2 atom stereocenters. The summed E-state index contributed by atoms with van der Waals surface area (Å²) >= 11 is 0. The SMILES string of the molecule is CC1CNCC(C)CN(c2cc(F)cc(F)c2F)C1. The fourth-order valence-electron chi connectivity index (χ4n) is 2.50. The van der Waals surface area contributed by atoms with Crippen LogP contribution in [-0.4, -0.2) is 26.2 Å². The number of anilines is 1. The molecule has 2 rings (SSSR count). The van der Waals surface area contributed by atoms with Crippen LogP contribution in [0, 0.1) is 29.3 Å². The molecule has 1 aliphatic heterocycles. The largest absolute Gasteiger partial charge is 0.368 e. The molecule has 2 unspecified atom stereocenters. The summed E-state index contributed by atoms with van der Waals surface area (Å²) in [5.41, 5.74) is 0.0260. The van der Waals surface area contributed by atoms with E-state index in [9.17, 15) is 13.2 Å². The van der Waals surface area contributed by atoms with Crippen LogP contribution in [0.15, 0.2) is 12.1 Å². The van der Waals surface area contributed by atoms with Gasteiger partial charge in [-0.15, -0.1) is 0 Å². The molecule has 106 valence electrons. The summed E-state index contributed by atoms with van der Waals surface area (Å²) in [6.45, 7) is 6.86. The lowest BCUT2D eigenvalue weighted by Gasteiger charge is -2.33. The van der Waals surface area contributed by atoms with Crippen molar-refractivity contribution in [2.45, 2.75) is 13.8 Å². The Balaban J connectivity index is 2.31. The van der Waals surface area contributed by atoms with Gasteiger partial charge in [0.2, 0.25) is 0 Å². The van der Waals surface area contributed by atoms with Gasteiger partial charge >= 0.3 is 0 Å². The first kappa shape index (κ1) is 14.2. The van der Waals surface area contributed by atoms with Gasteiger partial charge < -0.3 is 10.2 Å². The summed E-state index contributed by atoms with van der Waals surface area (Å²) < 4.78 is 40.5. The average Bonchev–Trinajstić information content (AvgIpc) is 2.30. The Morgan fingerprint density at radius 1 is 1.05 bits per heavy atom. The molecule has 0 bridgehead atoms. The van der Waals surface area contributed by atoms with E-state index in [-0.39, 0.29) is 5.69 Å². The van der Waals surface area contributed by atoms with E-state index in [4.69, 9.17) is 0 Å². The van der Waals surface area contributed by atoms with Gasteiger partial charge in [0, 0.05) is 25.2 Å². The summed E-state index contributed by atoms with van der Waals surface area (Å²) in [5.74, 6) is -2.25. The molecular formula is C14H19F3N2. The number of halogens is 3. The lowest BCUT2D eigenvalue weighted by atomic mass is 10.0. The van der Waals surface area contributed by atoms with E-state index >= 15 is 0 Å². The smallest absolute Gasteiger partial charge is 0.182 e. The van der Waals surface area contributed by atoms with Crippen molar-refractivity contribution in [3.05, 3.63) is 29.6 Å². The van der Waals surface area contributed by atoms with Gasteiger partial charge in [-0.25, -0.2) is 13.2 Å². The molecule has 0 aliphatic carbocycles. The minimum absolute atomic E-state index is 0.0260. The molecule has 1 aromatic carbocycles. The molecule has 1 saturated heterocycles. The number of rotatable bonds is 1. The van der Waals surface area contributed by atoms with E-state index < -0.39 is 17.5 Å². The van der Waals surface area contributed by atoms with Crippen LogP contribution in [0.2, 0.25) is 0 Å². The average molecular weight is 272 g/mol. The molecule has 0 aromatic heterocycles. The predicted octanol–water partition coefficient (Wildman–Crippen LogP) is 2.79. The van der Waals surface area contributed by atoms with Crippen molar-refractivity contribution in [2.24, 2.45) is 11.8 Å². The van der Waals surface area contributed by atoms with Crippen LogP contribution in [0.5, 0.6) is 0 Å². The molecule has 0 amide bonds. The molecule has 0 radical (unpaired) electrons. The van der Waals surface area contributed by atoms with Gasteiger partial charge in [0.15, 0.2) is 11.6 Å². The highest BCUT2D eigenvalue weighted by atomic mass is 19.2. The summed E-state index contributed by atoms with van der Waals surface area (Å²) in [4.78, 5) is 1.75. The van der Waals surface area contributed by atoms with Crippen molar-refractivity contribution in [3.63, 3.8) is 0 Å². The molecule has 0 spiro atoms. The van der Waals surface area contributed by atoms with Crippen molar-refractivity contribution in [2.75, 3.05) is 31.1 Å². The highest BCUT2D eigenvalue weighted by Gasteiger charge is 2.22. The Kier molecular flexibility index (Phi) is 4.34. The number of hydrogen-bond acceptors (Lipinski definition) is 2. The second kappa shape index (κ2) is 5.82. The number of hydrogen-bond donors (Lipinski definition) is 1. The zero-order chi connectivity index (χ0) is 14.0. The second-order valence-corrected chi connectivity index (χ2v) is 5.49. The van der Waals surface area contributed by atoms with Crippen LogP contribution in [0.3, 0.4) is 0 Å². The Bertz CT molecular complexity index is 439. The van der Waals surface area contributed by atoms with Crippen molar-refractivity contribution < 1.29 is 13.2 Å². The lowest BCUT2D eigenvalue weighted by molar-refractivity contribution is 0.404.